The van der Waals surface area contributed by atoms with Gasteiger partial charge in [-0.1, -0.05) is 22.9 Å². The third-order valence-electron chi connectivity index (χ3n) is 2.32. The number of aliphatic carboxylic acids is 1. The number of hydrogen-bond donors (Lipinski definition) is 2. The van der Waals surface area contributed by atoms with Gasteiger partial charge in [-0.25, -0.2) is 0 Å². The van der Waals surface area contributed by atoms with E-state index in [1.165, 1.54) is 6.07 Å². The van der Waals surface area contributed by atoms with Crippen molar-refractivity contribution in [2.45, 2.75) is 13.3 Å². The predicted molar refractivity (Wildman–Crippen MR) is 70.7 cm³/mol. The van der Waals surface area contributed by atoms with E-state index in [1.807, 2.05) is 0 Å². The van der Waals surface area contributed by atoms with Gasteiger partial charge in [-0.15, -0.1) is 0 Å². The highest BCUT2D eigenvalue weighted by atomic mass is 79.9. The molecule has 0 fully saturated rings. The number of rotatable bonds is 6. The molecule has 0 aliphatic heterocycles. The Morgan fingerprint density at radius 3 is 2.83 bits per heavy atom. The summed E-state index contributed by atoms with van der Waals surface area (Å²) in [5.74, 6) is -0.986. The average Bonchev–Trinajstić information content (AvgIpc) is 2.26. The number of nitro groups is 1. The number of carboxylic acids is 1. The van der Waals surface area contributed by atoms with Crippen LogP contribution in [-0.2, 0) is 4.79 Å². The Morgan fingerprint density at radius 1 is 1.61 bits per heavy atom. The van der Waals surface area contributed by atoms with Crippen LogP contribution >= 0.6 is 15.9 Å². The first-order chi connectivity index (χ1) is 8.40. The SMILES string of the molecule is CC(CNc1ccc(Br)cc1[N+](=O)[O-])CC(=O)O. The summed E-state index contributed by atoms with van der Waals surface area (Å²) in [6.45, 7) is 2.14. The highest BCUT2D eigenvalue weighted by Crippen LogP contribution is 2.28. The van der Waals surface area contributed by atoms with Gasteiger partial charge in [0.05, 0.1) is 4.92 Å². The lowest BCUT2D eigenvalue weighted by Crippen LogP contribution is -2.15. The van der Waals surface area contributed by atoms with Crippen LogP contribution in [0.15, 0.2) is 22.7 Å². The van der Waals surface area contributed by atoms with E-state index >= 15 is 0 Å². The second-order valence-electron chi connectivity index (χ2n) is 4.00. The van der Waals surface area contributed by atoms with Crippen molar-refractivity contribution in [2.75, 3.05) is 11.9 Å². The second-order valence-corrected chi connectivity index (χ2v) is 4.92. The molecule has 1 aromatic carbocycles. The lowest BCUT2D eigenvalue weighted by atomic mass is 10.1. The Hall–Kier alpha value is -1.63. The number of benzene rings is 1. The monoisotopic (exact) mass is 316 g/mol. The van der Waals surface area contributed by atoms with E-state index in [9.17, 15) is 14.9 Å². The zero-order chi connectivity index (χ0) is 13.7. The molecule has 0 amide bonds. The Balaban J connectivity index is 2.72. The summed E-state index contributed by atoms with van der Waals surface area (Å²) in [7, 11) is 0. The summed E-state index contributed by atoms with van der Waals surface area (Å²) in [6.07, 6.45) is 0.0251. The largest absolute Gasteiger partial charge is 0.481 e. The molecule has 0 aromatic heterocycles. The van der Waals surface area contributed by atoms with Crippen LogP contribution < -0.4 is 5.32 Å². The normalized spacial score (nSPS) is 11.9. The Morgan fingerprint density at radius 2 is 2.28 bits per heavy atom. The van der Waals surface area contributed by atoms with Gasteiger partial charge < -0.3 is 10.4 Å². The summed E-state index contributed by atoms with van der Waals surface area (Å²) in [6, 6.07) is 4.69. The van der Waals surface area contributed by atoms with Crippen LogP contribution in [0.1, 0.15) is 13.3 Å². The minimum atomic E-state index is -0.880. The average molecular weight is 317 g/mol. The summed E-state index contributed by atoms with van der Waals surface area (Å²) >= 11 is 3.17. The maximum absolute atomic E-state index is 10.8. The highest BCUT2D eigenvalue weighted by molar-refractivity contribution is 9.10. The first-order valence-electron chi connectivity index (χ1n) is 5.29. The molecule has 1 aromatic rings. The molecule has 2 N–H and O–H groups in total. The minimum Gasteiger partial charge on any atom is -0.481 e. The van der Waals surface area contributed by atoms with E-state index in [0.29, 0.717) is 16.7 Å². The van der Waals surface area contributed by atoms with Gasteiger partial charge >= 0.3 is 5.97 Å². The van der Waals surface area contributed by atoms with Gasteiger partial charge in [-0.2, -0.15) is 0 Å². The predicted octanol–water partition coefficient (Wildman–Crippen LogP) is 2.88. The molecule has 0 radical (unpaired) electrons. The molecule has 98 valence electrons. The molecule has 18 heavy (non-hydrogen) atoms. The maximum atomic E-state index is 10.8. The van der Waals surface area contributed by atoms with Crippen molar-refractivity contribution in [1.29, 1.82) is 0 Å². The highest BCUT2D eigenvalue weighted by Gasteiger charge is 2.15. The third kappa shape index (κ3) is 4.33. The lowest BCUT2D eigenvalue weighted by Gasteiger charge is -2.11. The van der Waals surface area contributed by atoms with Crippen molar-refractivity contribution in [1.82, 2.24) is 0 Å². The van der Waals surface area contributed by atoms with Gasteiger partial charge in [-0.05, 0) is 18.1 Å². The molecule has 0 aliphatic carbocycles. The van der Waals surface area contributed by atoms with Gasteiger partial charge in [0.25, 0.3) is 5.69 Å². The molecule has 7 heteroatoms. The quantitative estimate of drug-likeness (QED) is 0.621. The lowest BCUT2D eigenvalue weighted by molar-refractivity contribution is -0.384. The number of nitrogens with one attached hydrogen (secondary N) is 1. The maximum Gasteiger partial charge on any atom is 0.303 e. The number of nitro benzene ring substituents is 1. The summed E-state index contributed by atoms with van der Waals surface area (Å²) in [5.41, 5.74) is 0.354. The molecule has 0 bridgehead atoms. The molecule has 1 rings (SSSR count). The first kappa shape index (κ1) is 14.4. The number of carboxylic acid groups (broad SMARTS) is 1. The standard InChI is InChI=1S/C11H13BrN2O4/c1-7(4-11(15)16)6-13-9-3-2-8(12)5-10(9)14(17)18/h2-3,5,7,13H,4,6H2,1H3,(H,15,16). The zero-order valence-corrected chi connectivity index (χ0v) is 11.3. The number of carbonyl (C=O) groups is 1. The Kier molecular flexibility index (Phi) is 5.08. The topological polar surface area (TPSA) is 92.5 Å². The first-order valence-corrected chi connectivity index (χ1v) is 6.09. The van der Waals surface area contributed by atoms with Crippen molar-refractivity contribution in [3.63, 3.8) is 0 Å². The second kappa shape index (κ2) is 6.34. The summed E-state index contributed by atoms with van der Waals surface area (Å²) < 4.78 is 0.623. The van der Waals surface area contributed by atoms with Crippen molar-refractivity contribution in [3.05, 3.63) is 32.8 Å². The molecule has 1 unspecified atom stereocenters. The zero-order valence-electron chi connectivity index (χ0n) is 9.72. The molecule has 6 nitrogen and oxygen atoms in total. The van der Waals surface area contributed by atoms with Gasteiger partial charge in [-0.3, -0.25) is 14.9 Å². The van der Waals surface area contributed by atoms with E-state index < -0.39 is 10.9 Å². The van der Waals surface area contributed by atoms with Crippen LogP contribution in [0.2, 0.25) is 0 Å². The van der Waals surface area contributed by atoms with Crippen LogP contribution in [-0.4, -0.2) is 22.5 Å². The molecular formula is C11H13BrN2O4. The Bertz CT molecular complexity index is 464. The van der Waals surface area contributed by atoms with E-state index in [1.54, 1.807) is 19.1 Å². The number of anilines is 1. The van der Waals surface area contributed by atoms with Crippen LogP contribution in [0.25, 0.3) is 0 Å². The van der Waals surface area contributed by atoms with E-state index in [2.05, 4.69) is 21.2 Å². The van der Waals surface area contributed by atoms with Gasteiger partial charge in [0.15, 0.2) is 0 Å². The van der Waals surface area contributed by atoms with Crippen LogP contribution in [0, 0.1) is 16.0 Å². The van der Waals surface area contributed by atoms with Gasteiger partial charge in [0.1, 0.15) is 5.69 Å². The van der Waals surface area contributed by atoms with Crippen molar-refractivity contribution < 1.29 is 14.8 Å². The third-order valence-corrected chi connectivity index (χ3v) is 2.81. The fraction of sp³-hybridized carbons (Fsp3) is 0.364. The van der Waals surface area contributed by atoms with Crippen molar-refractivity contribution in [2.24, 2.45) is 5.92 Å². The fourth-order valence-corrected chi connectivity index (χ4v) is 1.81. The van der Waals surface area contributed by atoms with E-state index in [0.717, 1.165) is 0 Å². The number of nitrogens with zero attached hydrogens (tertiary/aromatic N) is 1. The molecule has 0 spiro atoms. The number of hydrogen-bond acceptors (Lipinski definition) is 4. The fourth-order valence-electron chi connectivity index (χ4n) is 1.46. The Labute approximate surface area is 112 Å². The van der Waals surface area contributed by atoms with Crippen LogP contribution in [0.3, 0.4) is 0 Å². The molecular weight excluding hydrogens is 304 g/mol. The van der Waals surface area contributed by atoms with Gasteiger partial charge in [0.2, 0.25) is 0 Å². The smallest absolute Gasteiger partial charge is 0.303 e. The molecule has 0 saturated heterocycles. The van der Waals surface area contributed by atoms with Crippen LogP contribution in [0.4, 0.5) is 11.4 Å². The number of halogens is 1. The molecule has 0 saturated carbocycles. The van der Waals surface area contributed by atoms with Crippen LogP contribution in [0.5, 0.6) is 0 Å². The van der Waals surface area contributed by atoms with E-state index in [-0.39, 0.29) is 18.0 Å². The van der Waals surface area contributed by atoms with Crippen molar-refractivity contribution in [3.8, 4) is 0 Å². The van der Waals surface area contributed by atoms with Gasteiger partial charge in [0, 0.05) is 23.5 Å². The van der Waals surface area contributed by atoms with Crippen molar-refractivity contribution >= 4 is 33.3 Å². The summed E-state index contributed by atoms with van der Waals surface area (Å²) in [4.78, 5) is 20.9. The summed E-state index contributed by atoms with van der Waals surface area (Å²) in [5, 5.41) is 22.4. The van der Waals surface area contributed by atoms with E-state index in [4.69, 9.17) is 5.11 Å². The molecule has 0 aliphatic rings. The molecule has 0 heterocycles. The molecule has 1 atom stereocenters. The minimum absolute atomic E-state index is 0.0251.